The lowest BCUT2D eigenvalue weighted by Gasteiger charge is -2.34. The van der Waals surface area contributed by atoms with Gasteiger partial charge in [-0.1, -0.05) is 32.4 Å². The molecule has 2 aliphatic carbocycles. The lowest BCUT2D eigenvalue weighted by molar-refractivity contribution is -0.257. The van der Waals surface area contributed by atoms with Crippen LogP contribution in [0, 0.1) is 29.1 Å². The molecule has 2 amide bonds. The smallest absolute Gasteiger partial charge is 0.427 e. The van der Waals surface area contributed by atoms with Gasteiger partial charge in [-0.15, -0.1) is 0 Å². The van der Waals surface area contributed by atoms with Crippen molar-refractivity contribution in [1.29, 1.82) is 0 Å². The maximum atomic E-state index is 14.9. The number of aromatic nitrogens is 2. The number of esters is 1. The molecule has 0 radical (unpaired) electrons. The number of hydrogen-bond donors (Lipinski definition) is 1. The van der Waals surface area contributed by atoms with E-state index < -0.39 is 91.8 Å². The molecule has 318 valence electrons. The summed E-state index contributed by atoms with van der Waals surface area (Å²) in [7, 11) is -2.52. The van der Waals surface area contributed by atoms with Crippen LogP contribution in [0.2, 0.25) is 0 Å². The van der Waals surface area contributed by atoms with Crippen LogP contribution in [0.1, 0.15) is 98.8 Å². The SMILES string of the molecule is CC[C@@H]1C[C@H](C)CC/C=C\[C@@H]2C[C@@]2(C(=O)NS(=O)(=O)C2(C)CC2)CC(=O)C2C[C@@H](Oc3cnc4ccc(OC)cc4n3)CN2C(=O)[C@H]1CC(=O)OC(C)(C)C(F)(F)F. The molecule has 58 heavy (non-hydrogen) atoms. The first kappa shape index (κ1) is 43.3. The van der Waals surface area contributed by atoms with Gasteiger partial charge in [0.2, 0.25) is 33.3 Å². The van der Waals surface area contributed by atoms with E-state index in [0.717, 1.165) is 13.8 Å². The number of carbonyl (C=O) groups excluding carboxylic acids is 4. The molecule has 1 saturated heterocycles. The van der Waals surface area contributed by atoms with E-state index >= 15 is 0 Å². The molecular formula is C41H53F3N4O9S. The van der Waals surface area contributed by atoms with Crippen molar-refractivity contribution in [1.82, 2.24) is 19.6 Å². The molecule has 0 spiro atoms. The second kappa shape index (κ2) is 16.1. The largest absolute Gasteiger partial charge is 0.497 e. The van der Waals surface area contributed by atoms with Gasteiger partial charge in [0.1, 0.15) is 11.9 Å². The van der Waals surface area contributed by atoms with Crippen LogP contribution in [-0.2, 0) is 33.9 Å². The molecule has 1 aromatic carbocycles. The number of carbonyl (C=O) groups is 4. The Balaban J connectivity index is 1.35. The van der Waals surface area contributed by atoms with Crippen LogP contribution in [0.3, 0.4) is 0 Å². The molecule has 3 heterocycles. The molecule has 3 fully saturated rings. The van der Waals surface area contributed by atoms with E-state index in [9.17, 15) is 40.8 Å². The van der Waals surface area contributed by atoms with Gasteiger partial charge in [-0.25, -0.2) is 18.4 Å². The lowest BCUT2D eigenvalue weighted by atomic mass is 9.79. The molecule has 0 bridgehead atoms. The fourth-order valence-corrected chi connectivity index (χ4v) is 9.57. The summed E-state index contributed by atoms with van der Waals surface area (Å²) in [6, 6.07) is 3.95. The third-order valence-corrected chi connectivity index (χ3v) is 14.7. The van der Waals surface area contributed by atoms with E-state index in [1.165, 1.54) is 18.2 Å². The molecule has 13 nitrogen and oxygen atoms in total. The number of allylic oxidation sites excluding steroid dienone is 2. The standard InChI is InChI=1S/C41H53F3N4O9S/c1-7-25-16-24(2)10-8-9-11-26-20-40(26,37(52)47-58(53,54)39(5)14-15-39)21-33(49)32-18-28(56-34-22-45-30-13-12-27(55-6)17-31(30)46-34)23-48(32)36(51)29(25)19-35(50)57-38(3,4)41(42,43)44/h9,11-13,17,22,24-26,28-29,32H,7-8,10,14-16,18-21,23H2,1-6H3,(H,47,52)/b11-9-/t24-,25-,26-,28-,29+,32?,40-/m1/s1. The van der Waals surface area contributed by atoms with Crippen molar-refractivity contribution in [2.45, 2.75) is 127 Å². The molecule has 2 aromatic rings. The summed E-state index contributed by atoms with van der Waals surface area (Å²) in [5, 5.41) is 0. The quantitative estimate of drug-likeness (QED) is 0.212. The van der Waals surface area contributed by atoms with Crippen LogP contribution in [0.15, 0.2) is 36.5 Å². The van der Waals surface area contributed by atoms with Gasteiger partial charge in [-0.2, -0.15) is 13.2 Å². The highest BCUT2D eigenvalue weighted by Gasteiger charge is 2.63. The van der Waals surface area contributed by atoms with E-state index in [1.54, 1.807) is 25.1 Å². The first-order valence-electron chi connectivity index (χ1n) is 19.9. The fourth-order valence-electron chi connectivity index (χ4n) is 8.23. The molecule has 6 rings (SSSR count). The van der Waals surface area contributed by atoms with Crippen LogP contribution in [0.5, 0.6) is 11.6 Å². The zero-order valence-electron chi connectivity index (χ0n) is 33.8. The predicted molar refractivity (Wildman–Crippen MR) is 206 cm³/mol. The van der Waals surface area contributed by atoms with Crippen molar-refractivity contribution >= 4 is 44.6 Å². The number of nitrogens with one attached hydrogen (secondary N) is 1. The molecular weight excluding hydrogens is 782 g/mol. The van der Waals surface area contributed by atoms with Crippen LogP contribution < -0.4 is 14.2 Å². The number of benzene rings is 1. The lowest BCUT2D eigenvalue weighted by Crippen LogP contribution is -2.49. The molecule has 4 aliphatic rings. The molecule has 7 atom stereocenters. The monoisotopic (exact) mass is 834 g/mol. The topological polar surface area (TPSA) is 171 Å². The second-order valence-electron chi connectivity index (χ2n) is 17.3. The highest BCUT2D eigenvalue weighted by atomic mass is 32.2. The number of rotatable bonds is 10. The molecule has 1 N–H and O–H groups in total. The van der Waals surface area contributed by atoms with Crippen LogP contribution in [0.4, 0.5) is 13.2 Å². The number of ether oxygens (including phenoxy) is 3. The average molecular weight is 835 g/mol. The third-order valence-electron chi connectivity index (χ3n) is 12.6. The van der Waals surface area contributed by atoms with Gasteiger partial charge in [0.15, 0.2) is 5.78 Å². The van der Waals surface area contributed by atoms with Crippen molar-refractivity contribution in [2.75, 3.05) is 13.7 Å². The summed E-state index contributed by atoms with van der Waals surface area (Å²) in [6.45, 7) is 6.73. The molecule has 1 unspecified atom stereocenters. The molecule has 2 saturated carbocycles. The molecule has 1 aromatic heterocycles. The Morgan fingerprint density at radius 1 is 1.10 bits per heavy atom. The summed E-state index contributed by atoms with van der Waals surface area (Å²) in [5.74, 6) is -4.49. The van der Waals surface area contributed by atoms with Crippen molar-refractivity contribution in [3.8, 4) is 11.6 Å². The number of amides is 2. The number of hydrogen-bond acceptors (Lipinski definition) is 11. The number of sulfonamides is 1. The van der Waals surface area contributed by atoms with Crippen molar-refractivity contribution in [3.05, 3.63) is 36.5 Å². The highest BCUT2D eigenvalue weighted by molar-refractivity contribution is 7.91. The minimum absolute atomic E-state index is 0.0199. The van der Waals surface area contributed by atoms with E-state index in [0.29, 0.717) is 55.3 Å². The molecule has 2 aliphatic heterocycles. The zero-order valence-corrected chi connectivity index (χ0v) is 34.6. The third kappa shape index (κ3) is 8.98. The van der Waals surface area contributed by atoms with Crippen LogP contribution >= 0.6 is 0 Å². The Hall–Kier alpha value is -4.28. The van der Waals surface area contributed by atoms with Crippen LogP contribution in [-0.4, -0.2) is 89.2 Å². The van der Waals surface area contributed by atoms with Gasteiger partial charge in [0.05, 0.1) is 59.4 Å². The molecule has 17 heteroatoms. The predicted octanol–water partition coefficient (Wildman–Crippen LogP) is 6.24. The summed E-state index contributed by atoms with van der Waals surface area (Å²) < 4.78 is 85.5. The number of Topliss-reactive ketones (excluding diaryl/α,β-unsaturated/α-hetero) is 1. The highest BCUT2D eigenvalue weighted by Crippen LogP contribution is 2.58. The second-order valence-corrected chi connectivity index (χ2v) is 19.5. The normalized spacial score (nSPS) is 29.6. The first-order valence-corrected chi connectivity index (χ1v) is 21.4. The van der Waals surface area contributed by atoms with Crippen molar-refractivity contribution < 1.29 is 55.0 Å². The average Bonchev–Trinajstić information content (AvgIpc) is 4.03. The maximum absolute atomic E-state index is 14.9. The Morgan fingerprint density at radius 3 is 2.48 bits per heavy atom. The van der Waals surface area contributed by atoms with E-state index in [-0.39, 0.29) is 37.6 Å². The number of halogens is 3. The van der Waals surface area contributed by atoms with Gasteiger partial charge >= 0.3 is 12.1 Å². The summed E-state index contributed by atoms with van der Waals surface area (Å²) >= 11 is 0. The maximum Gasteiger partial charge on any atom is 0.427 e. The number of alkyl halides is 3. The van der Waals surface area contributed by atoms with E-state index in [2.05, 4.69) is 14.7 Å². The Kier molecular flexibility index (Phi) is 12.0. The number of nitrogens with zero attached hydrogens (tertiary/aromatic N) is 3. The Bertz CT molecular complexity index is 2070. The van der Waals surface area contributed by atoms with Gasteiger partial charge in [0, 0.05) is 18.9 Å². The van der Waals surface area contributed by atoms with Gasteiger partial charge < -0.3 is 19.1 Å². The summed E-state index contributed by atoms with van der Waals surface area (Å²) in [6.07, 6.45) is 1.59. The summed E-state index contributed by atoms with van der Waals surface area (Å²) in [5.41, 5.74) is -3.17. The minimum Gasteiger partial charge on any atom is -0.497 e. The van der Waals surface area contributed by atoms with E-state index in [4.69, 9.17) is 14.2 Å². The van der Waals surface area contributed by atoms with Gasteiger partial charge in [-0.3, -0.25) is 23.9 Å². The van der Waals surface area contributed by atoms with Crippen LogP contribution in [0.25, 0.3) is 11.0 Å². The summed E-state index contributed by atoms with van der Waals surface area (Å²) in [4.78, 5) is 67.1. The van der Waals surface area contributed by atoms with Gasteiger partial charge in [0.25, 0.3) is 0 Å². The van der Waals surface area contributed by atoms with Gasteiger partial charge in [-0.05, 0) is 89.2 Å². The van der Waals surface area contributed by atoms with Crippen molar-refractivity contribution in [2.24, 2.45) is 29.1 Å². The minimum atomic E-state index is -4.87. The fraction of sp³-hybridized carbons (Fsp3) is 0.659. The zero-order chi connectivity index (χ0) is 42.4. The van der Waals surface area contributed by atoms with Crippen molar-refractivity contribution in [3.63, 3.8) is 0 Å². The Labute approximate surface area is 336 Å². The van der Waals surface area contributed by atoms with E-state index in [1.807, 2.05) is 26.0 Å². The first-order chi connectivity index (χ1) is 27.1. The number of fused-ring (bicyclic) bond motifs is 3. The number of methoxy groups -OCH3 is 1. The number of ketones is 1. The Morgan fingerprint density at radius 2 is 1.83 bits per heavy atom.